The summed E-state index contributed by atoms with van der Waals surface area (Å²) >= 11 is 0. The largest absolute Gasteiger partial charge is 0.381 e. The Morgan fingerprint density at radius 3 is 2.60 bits per heavy atom. The molecule has 0 aromatic heterocycles. The highest BCUT2D eigenvalue weighted by atomic mass is 16.5. The summed E-state index contributed by atoms with van der Waals surface area (Å²) in [5.41, 5.74) is 6.24. The van der Waals surface area contributed by atoms with Crippen molar-refractivity contribution in [2.75, 3.05) is 19.8 Å². The Balaban J connectivity index is 1.92. The second-order valence-electron chi connectivity index (χ2n) is 3.61. The lowest BCUT2D eigenvalue weighted by molar-refractivity contribution is 0.0525. The highest BCUT2D eigenvalue weighted by molar-refractivity contribution is 5.03. The third kappa shape index (κ3) is 0.867. The van der Waals surface area contributed by atoms with Gasteiger partial charge in [0.1, 0.15) is 0 Å². The zero-order valence-corrected chi connectivity index (χ0v) is 6.31. The lowest BCUT2D eigenvalue weighted by atomic mass is 9.94. The molecule has 2 heteroatoms. The third-order valence-electron chi connectivity index (χ3n) is 3.13. The maximum absolute atomic E-state index is 5.60. The molecule has 2 nitrogen and oxygen atoms in total. The van der Waals surface area contributed by atoms with Crippen LogP contribution < -0.4 is 5.73 Å². The van der Waals surface area contributed by atoms with Gasteiger partial charge in [0.25, 0.3) is 0 Å². The molecule has 10 heavy (non-hydrogen) atoms. The van der Waals surface area contributed by atoms with Crippen molar-refractivity contribution in [2.24, 2.45) is 17.1 Å². The van der Waals surface area contributed by atoms with Crippen LogP contribution in [-0.4, -0.2) is 19.8 Å². The number of ether oxygens (including phenoxy) is 1. The zero-order valence-electron chi connectivity index (χ0n) is 6.31. The van der Waals surface area contributed by atoms with Gasteiger partial charge in [-0.05, 0) is 37.1 Å². The summed E-state index contributed by atoms with van der Waals surface area (Å²) in [4.78, 5) is 0. The van der Waals surface area contributed by atoms with Crippen LogP contribution >= 0.6 is 0 Å². The van der Waals surface area contributed by atoms with Crippen molar-refractivity contribution in [1.29, 1.82) is 0 Å². The van der Waals surface area contributed by atoms with E-state index in [1.807, 2.05) is 0 Å². The van der Waals surface area contributed by atoms with E-state index in [0.717, 1.165) is 25.7 Å². The molecule has 1 aliphatic carbocycles. The molecule has 1 spiro atoms. The van der Waals surface area contributed by atoms with Gasteiger partial charge in [-0.3, -0.25) is 0 Å². The Kier molecular flexibility index (Phi) is 1.46. The summed E-state index contributed by atoms with van der Waals surface area (Å²) in [5, 5.41) is 0. The summed E-state index contributed by atoms with van der Waals surface area (Å²) in [6, 6.07) is 0. The monoisotopic (exact) mass is 141 g/mol. The molecule has 1 saturated heterocycles. The van der Waals surface area contributed by atoms with Crippen molar-refractivity contribution in [1.82, 2.24) is 0 Å². The molecule has 58 valence electrons. The van der Waals surface area contributed by atoms with Gasteiger partial charge in [-0.15, -0.1) is 0 Å². The van der Waals surface area contributed by atoms with Crippen LogP contribution in [-0.2, 0) is 4.74 Å². The maximum atomic E-state index is 5.60. The fourth-order valence-electron chi connectivity index (χ4n) is 2.16. The smallest absolute Gasteiger partial charge is 0.0471 e. The molecule has 2 fully saturated rings. The SMILES string of the molecule is NC[C@H]1CC12CCOCC2. The van der Waals surface area contributed by atoms with E-state index in [0.29, 0.717) is 5.41 Å². The molecule has 2 aliphatic rings. The van der Waals surface area contributed by atoms with Crippen LogP contribution in [0, 0.1) is 11.3 Å². The van der Waals surface area contributed by atoms with E-state index in [9.17, 15) is 0 Å². The average Bonchev–Trinajstić information content (AvgIpc) is 2.65. The molecule has 1 saturated carbocycles. The Hall–Kier alpha value is -0.0800. The van der Waals surface area contributed by atoms with E-state index in [2.05, 4.69) is 0 Å². The van der Waals surface area contributed by atoms with Crippen molar-refractivity contribution in [3.63, 3.8) is 0 Å². The quantitative estimate of drug-likeness (QED) is 0.585. The van der Waals surface area contributed by atoms with Crippen LogP contribution in [0.4, 0.5) is 0 Å². The van der Waals surface area contributed by atoms with Crippen molar-refractivity contribution >= 4 is 0 Å². The summed E-state index contributed by atoms with van der Waals surface area (Å²) in [7, 11) is 0. The van der Waals surface area contributed by atoms with Crippen LogP contribution in [0.15, 0.2) is 0 Å². The van der Waals surface area contributed by atoms with Crippen LogP contribution in [0.2, 0.25) is 0 Å². The number of nitrogens with two attached hydrogens (primary N) is 1. The van der Waals surface area contributed by atoms with Gasteiger partial charge in [-0.1, -0.05) is 0 Å². The summed E-state index contributed by atoms with van der Waals surface area (Å²) < 4.78 is 5.30. The van der Waals surface area contributed by atoms with Crippen LogP contribution in [0.1, 0.15) is 19.3 Å². The molecular weight excluding hydrogens is 126 g/mol. The first kappa shape index (κ1) is 6.62. The summed E-state index contributed by atoms with van der Waals surface area (Å²) in [6.07, 6.45) is 3.89. The lowest BCUT2D eigenvalue weighted by Crippen LogP contribution is -2.20. The van der Waals surface area contributed by atoms with E-state index in [1.54, 1.807) is 0 Å². The first-order valence-electron chi connectivity index (χ1n) is 4.15. The number of rotatable bonds is 1. The molecule has 0 unspecified atom stereocenters. The van der Waals surface area contributed by atoms with Gasteiger partial charge in [0, 0.05) is 13.2 Å². The standard InChI is InChI=1S/C8H15NO/c9-6-7-5-8(7)1-3-10-4-2-8/h7H,1-6,9H2/t7-/m1/s1. The van der Waals surface area contributed by atoms with Crippen LogP contribution in [0.5, 0.6) is 0 Å². The zero-order chi connectivity index (χ0) is 7.03. The van der Waals surface area contributed by atoms with Gasteiger partial charge in [-0.2, -0.15) is 0 Å². The van der Waals surface area contributed by atoms with Crippen molar-refractivity contribution in [3.05, 3.63) is 0 Å². The van der Waals surface area contributed by atoms with Gasteiger partial charge in [0.2, 0.25) is 0 Å². The highest BCUT2D eigenvalue weighted by Crippen LogP contribution is 2.58. The minimum Gasteiger partial charge on any atom is -0.381 e. The van der Waals surface area contributed by atoms with Crippen LogP contribution in [0.3, 0.4) is 0 Å². The fourth-order valence-corrected chi connectivity index (χ4v) is 2.16. The molecule has 0 aromatic carbocycles. The highest BCUT2D eigenvalue weighted by Gasteiger charge is 2.52. The van der Waals surface area contributed by atoms with Gasteiger partial charge < -0.3 is 10.5 Å². The minimum atomic E-state index is 0.646. The summed E-state index contributed by atoms with van der Waals surface area (Å²) in [6.45, 7) is 2.83. The molecule has 2 rings (SSSR count). The Morgan fingerprint density at radius 1 is 1.40 bits per heavy atom. The number of hydrogen-bond acceptors (Lipinski definition) is 2. The van der Waals surface area contributed by atoms with E-state index >= 15 is 0 Å². The van der Waals surface area contributed by atoms with Gasteiger partial charge in [-0.25, -0.2) is 0 Å². The van der Waals surface area contributed by atoms with E-state index < -0.39 is 0 Å². The van der Waals surface area contributed by atoms with E-state index in [4.69, 9.17) is 10.5 Å². The third-order valence-corrected chi connectivity index (χ3v) is 3.13. The first-order chi connectivity index (χ1) is 4.87. The van der Waals surface area contributed by atoms with Crippen molar-refractivity contribution in [2.45, 2.75) is 19.3 Å². The molecule has 0 radical (unpaired) electrons. The average molecular weight is 141 g/mol. The topological polar surface area (TPSA) is 35.2 Å². The molecule has 1 heterocycles. The predicted molar refractivity (Wildman–Crippen MR) is 39.6 cm³/mol. The molecule has 1 aliphatic heterocycles. The van der Waals surface area contributed by atoms with Gasteiger partial charge in [0.05, 0.1) is 0 Å². The second-order valence-corrected chi connectivity index (χ2v) is 3.61. The van der Waals surface area contributed by atoms with Gasteiger partial charge in [0.15, 0.2) is 0 Å². The molecule has 0 amide bonds. The first-order valence-corrected chi connectivity index (χ1v) is 4.15. The number of hydrogen-bond donors (Lipinski definition) is 1. The second kappa shape index (κ2) is 2.21. The van der Waals surface area contributed by atoms with Gasteiger partial charge >= 0.3 is 0 Å². The normalized spacial score (nSPS) is 36.3. The van der Waals surface area contributed by atoms with Crippen molar-refractivity contribution < 1.29 is 4.74 Å². The molecule has 0 bridgehead atoms. The molecule has 0 aromatic rings. The predicted octanol–water partition coefficient (Wildman–Crippen LogP) is 0.762. The van der Waals surface area contributed by atoms with E-state index in [1.165, 1.54) is 19.3 Å². The fraction of sp³-hybridized carbons (Fsp3) is 1.00. The lowest BCUT2D eigenvalue weighted by Gasteiger charge is -2.22. The molecule has 2 N–H and O–H groups in total. The molecular formula is C8H15NO. The maximum Gasteiger partial charge on any atom is 0.0471 e. The summed E-state index contributed by atoms with van der Waals surface area (Å²) in [5.74, 6) is 0.830. The Bertz CT molecular complexity index is 129. The van der Waals surface area contributed by atoms with Crippen LogP contribution in [0.25, 0.3) is 0 Å². The molecule has 1 atom stereocenters. The Labute approximate surface area is 61.7 Å². The minimum absolute atomic E-state index is 0.646. The Morgan fingerprint density at radius 2 is 2.10 bits per heavy atom. The van der Waals surface area contributed by atoms with E-state index in [-0.39, 0.29) is 0 Å². The van der Waals surface area contributed by atoms with Crippen molar-refractivity contribution in [3.8, 4) is 0 Å².